The van der Waals surface area contributed by atoms with Crippen LogP contribution in [-0.2, 0) is 0 Å². The second kappa shape index (κ2) is 12.2. The molecule has 2 nitrogen and oxygen atoms in total. The highest BCUT2D eigenvalue weighted by molar-refractivity contribution is 6.00. The quantitative estimate of drug-likeness (QED) is 0.193. The zero-order chi connectivity index (χ0) is 16.9. The Kier molecular flexibility index (Phi) is 10.4. The Bertz CT molecular complexity index is 434. The first kappa shape index (κ1) is 19.7. The minimum Gasteiger partial charge on any atom is -0.411 e. The van der Waals surface area contributed by atoms with Crippen molar-refractivity contribution in [2.45, 2.75) is 90.9 Å². The molecule has 0 aliphatic carbocycles. The molecule has 2 heteroatoms. The minimum atomic E-state index is 0.538. The van der Waals surface area contributed by atoms with Crippen LogP contribution in [0.15, 0.2) is 29.4 Å². The molecule has 0 spiro atoms. The van der Waals surface area contributed by atoms with Crippen LogP contribution in [0.1, 0.15) is 102 Å². The van der Waals surface area contributed by atoms with Gasteiger partial charge in [-0.3, -0.25) is 0 Å². The van der Waals surface area contributed by atoms with Gasteiger partial charge in [0, 0.05) is 0 Å². The molecule has 0 saturated carbocycles. The summed E-state index contributed by atoms with van der Waals surface area (Å²) in [5, 5.41) is 12.8. The van der Waals surface area contributed by atoms with Crippen LogP contribution < -0.4 is 0 Å². The van der Waals surface area contributed by atoms with E-state index in [1.54, 1.807) is 0 Å². The molecule has 1 aromatic carbocycles. The monoisotopic (exact) mass is 317 g/mol. The second-order valence-corrected chi connectivity index (χ2v) is 6.90. The first-order valence-corrected chi connectivity index (χ1v) is 9.50. The van der Waals surface area contributed by atoms with Crippen molar-refractivity contribution in [2.24, 2.45) is 5.16 Å². The largest absolute Gasteiger partial charge is 0.411 e. The smallest absolute Gasteiger partial charge is 0.0867 e. The van der Waals surface area contributed by atoms with Crippen LogP contribution in [0.5, 0.6) is 0 Å². The Morgan fingerprint density at radius 2 is 1.39 bits per heavy atom. The summed E-state index contributed by atoms with van der Waals surface area (Å²) in [6, 6.07) is 8.44. The average Bonchev–Trinajstić information content (AvgIpc) is 2.57. The van der Waals surface area contributed by atoms with E-state index in [2.05, 4.69) is 50.2 Å². The molecule has 1 rings (SSSR count). The zero-order valence-electron chi connectivity index (χ0n) is 15.4. The number of unbranched alkanes of at least 4 members (excludes halogenated alkanes) is 8. The van der Waals surface area contributed by atoms with Gasteiger partial charge < -0.3 is 5.21 Å². The molecule has 0 fully saturated rings. The van der Waals surface area contributed by atoms with Crippen molar-refractivity contribution in [2.75, 3.05) is 0 Å². The SMILES string of the molecule is CCCCCCCCCCC/C(=N\O)c1ccc(C(C)C)cc1. The van der Waals surface area contributed by atoms with Crippen molar-refractivity contribution < 1.29 is 5.21 Å². The molecule has 0 aromatic heterocycles. The van der Waals surface area contributed by atoms with Gasteiger partial charge in [0.2, 0.25) is 0 Å². The number of rotatable bonds is 12. The molecule has 1 aromatic rings. The van der Waals surface area contributed by atoms with E-state index in [0.29, 0.717) is 5.92 Å². The summed E-state index contributed by atoms with van der Waals surface area (Å²) in [4.78, 5) is 0. The molecule has 1 N–H and O–H groups in total. The molecule has 0 aliphatic heterocycles. The topological polar surface area (TPSA) is 32.6 Å². The Morgan fingerprint density at radius 3 is 1.87 bits per heavy atom. The van der Waals surface area contributed by atoms with Crippen LogP contribution in [0.2, 0.25) is 0 Å². The van der Waals surface area contributed by atoms with Gasteiger partial charge in [-0.05, 0) is 29.9 Å². The van der Waals surface area contributed by atoms with Crippen molar-refractivity contribution in [3.8, 4) is 0 Å². The van der Waals surface area contributed by atoms with E-state index in [0.717, 1.165) is 24.1 Å². The minimum absolute atomic E-state index is 0.538. The van der Waals surface area contributed by atoms with E-state index in [4.69, 9.17) is 0 Å². The number of hydrogen-bond acceptors (Lipinski definition) is 2. The lowest BCUT2D eigenvalue weighted by atomic mass is 9.98. The van der Waals surface area contributed by atoms with Gasteiger partial charge in [0.25, 0.3) is 0 Å². The van der Waals surface area contributed by atoms with Crippen molar-refractivity contribution in [3.63, 3.8) is 0 Å². The summed E-state index contributed by atoms with van der Waals surface area (Å²) in [6.07, 6.45) is 12.7. The molecule has 0 radical (unpaired) electrons. The van der Waals surface area contributed by atoms with E-state index < -0.39 is 0 Å². The van der Waals surface area contributed by atoms with Crippen LogP contribution in [0, 0.1) is 0 Å². The first-order chi connectivity index (χ1) is 11.2. The molecule has 0 amide bonds. The van der Waals surface area contributed by atoms with Gasteiger partial charge in [-0.25, -0.2) is 0 Å². The van der Waals surface area contributed by atoms with Crippen molar-refractivity contribution in [1.82, 2.24) is 0 Å². The van der Waals surface area contributed by atoms with Gasteiger partial charge >= 0.3 is 0 Å². The first-order valence-electron chi connectivity index (χ1n) is 9.50. The molecule has 0 saturated heterocycles. The van der Waals surface area contributed by atoms with Crippen LogP contribution in [0.4, 0.5) is 0 Å². The van der Waals surface area contributed by atoms with Crippen LogP contribution in [0.3, 0.4) is 0 Å². The highest BCUT2D eigenvalue weighted by Crippen LogP contribution is 2.17. The fraction of sp³-hybridized carbons (Fsp3) is 0.667. The number of hydrogen-bond donors (Lipinski definition) is 1. The van der Waals surface area contributed by atoms with Crippen molar-refractivity contribution in [3.05, 3.63) is 35.4 Å². The lowest BCUT2D eigenvalue weighted by molar-refractivity contribution is 0.317. The third kappa shape index (κ3) is 8.20. The van der Waals surface area contributed by atoms with Crippen LogP contribution in [-0.4, -0.2) is 10.9 Å². The average molecular weight is 318 g/mol. The normalized spacial score (nSPS) is 12.1. The highest BCUT2D eigenvalue weighted by Gasteiger charge is 2.06. The zero-order valence-corrected chi connectivity index (χ0v) is 15.4. The van der Waals surface area contributed by atoms with Gasteiger partial charge in [0.1, 0.15) is 0 Å². The molecule has 0 atom stereocenters. The molecule has 23 heavy (non-hydrogen) atoms. The maximum absolute atomic E-state index is 9.27. The summed E-state index contributed by atoms with van der Waals surface area (Å²) in [5.41, 5.74) is 3.20. The number of benzene rings is 1. The van der Waals surface area contributed by atoms with E-state index in [1.165, 1.54) is 56.9 Å². The van der Waals surface area contributed by atoms with Gasteiger partial charge in [-0.1, -0.05) is 102 Å². The maximum atomic E-state index is 9.27. The Balaban J connectivity index is 2.22. The molecule has 0 heterocycles. The lowest BCUT2D eigenvalue weighted by Gasteiger charge is -2.08. The lowest BCUT2D eigenvalue weighted by Crippen LogP contribution is -2.01. The van der Waals surface area contributed by atoms with Gasteiger partial charge in [-0.15, -0.1) is 0 Å². The van der Waals surface area contributed by atoms with E-state index in [-0.39, 0.29) is 0 Å². The third-order valence-electron chi connectivity index (χ3n) is 4.55. The molecule has 130 valence electrons. The molecule has 0 aliphatic rings. The fourth-order valence-corrected chi connectivity index (χ4v) is 2.92. The standard InChI is InChI=1S/C21H35NO/c1-4-5-6-7-8-9-10-11-12-13-21(22-23)20-16-14-19(15-17-20)18(2)3/h14-18,23H,4-13H2,1-3H3/b22-21+. The van der Waals surface area contributed by atoms with Gasteiger partial charge in [0.15, 0.2) is 0 Å². The third-order valence-corrected chi connectivity index (χ3v) is 4.55. The van der Waals surface area contributed by atoms with Gasteiger partial charge in [-0.2, -0.15) is 0 Å². The molecular formula is C21H35NO. The Labute approximate surface area is 143 Å². The highest BCUT2D eigenvalue weighted by atomic mass is 16.4. The van der Waals surface area contributed by atoms with Crippen molar-refractivity contribution in [1.29, 1.82) is 0 Å². The van der Waals surface area contributed by atoms with Crippen LogP contribution >= 0.6 is 0 Å². The fourth-order valence-electron chi connectivity index (χ4n) is 2.92. The molecule has 0 unspecified atom stereocenters. The van der Waals surface area contributed by atoms with Gasteiger partial charge in [0.05, 0.1) is 5.71 Å². The maximum Gasteiger partial charge on any atom is 0.0867 e. The summed E-state index contributed by atoms with van der Waals surface area (Å²) in [6.45, 7) is 6.65. The Hall–Kier alpha value is -1.31. The van der Waals surface area contributed by atoms with E-state index in [1.807, 2.05) is 0 Å². The summed E-state index contributed by atoms with van der Waals surface area (Å²) >= 11 is 0. The van der Waals surface area contributed by atoms with E-state index >= 15 is 0 Å². The number of nitrogens with zero attached hydrogens (tertiary/aromatic N) is 1. The second-order valence-electron chi connectivity index (χ2n) is 6.90. The molecule has 0 bridgehead atoms. The Morgan fingerprint density at radius 1 is 0.870 bits per heavy atom. The van der Waals surface area contributed by atoms with E-state index in [9.17, 15) is 5.21 Å². The molecular weight excluding hydrogens is 282 g/mol. The summed E-state index contributed by atoms with van der Waals surface area (Å²) in [7, 11) is 0. The predicted molar refractivity (Wildman–Crippen MR) is 101 cm³/mol. The summed E-state index contributed by atoms with van der Waals surface area (Å²) in [5.74, 6) is 0.538. The van der Waals surface area contributed by atoms with Crippen molar-refractivity contribution >= 4 is 5.71 Å². The van der Waals surface area contributed by atoms with Crippen LogP contribution in [0.25, 0.3) is 0 Å². The number of oxime groups is 1. The predicted octanol–water partition coefficient (Wildman–Crippen LogP) is 6.91. The summed E-state index contributed by atoms with van der Waals surface area (Å²) < 4.78 is 0.